The molecule has 130 valence electrons. The fourth-order valence-corrected chi connectivity index (χ4v) is 3.58. The number of aliphatic hydroxyl groups excluding tert-OH is 1. The van der Waals surface area contributed by atoms with Crippen molar-refractivity contribution >= 4 is 11.6 Å². The Morgan fingerprint density at radius 1 is 1.32 bits per heavy atom. The van der Waals surface area contributed by atoms with Crippen molar-refractivity contribution < 1.29 is 9.84 Å². The number of hydrogen-bond donors (Lipinski definition) is 2. The van der Waals surface area contributed by atoms with Crippen LogP contribution in [-0.4, -0.2) is 32.9 Å². The molecular weight excluding hydrogens is 338 g/mol. The largest absolute Gasteiger partial charge is 0.485 e. The van der Waals surface area contributed by atoms with Gasteiger partial charge >= 0.3 is 0 Å². The van der Waals surface area contributed by atoms with Crippen molar-refractivity contribution in [3.8, 4) is 11.3 Å². The van der Waals surface area contributed by atoms with Crippen LogP contribution in [0.3, 0.4) is 0 Å². The van der Waals surface area contributed by atoms with Gasteiger partial charge in [0.05, 0.1) is 24.3 Å². The lowest BCUT2D eigenvalue weighted by Crippen LogP contribution is -2.50. The third-order valence-corrected chi connectivity index (χ3v) is 5.06. The number of dihydropyridines is 1. The lowest BCUT2D eigenvalue weighted by molar-refractivity contribution is -0.0994. The van der Waals surface area contributed by atoms with Gasteiger partial charge in [0.15, 0.2) is 0 Å². The van der Waals surface area contributed by atoms with Gasteiger partial charge in [0.1, 0.15) is 17.5 Å². The summed E-state index contributed by atoms with van der Waals surface area (Å²) in [6.07, 6.45) is 6.66. The smallest absolute Gasteiger partial charge is 0.132 e. The second-order valence-electron chi connectivity index (χ2n) is 6.89. The first-order chi connectivity index (χ1) is 12.0. The molecule has 2 atom stereocenters. The van der Waals surface area contributed by atoms with Gasteiger partial charge in [0.25, 0.3) is 0 Å². The minimum atomic E-state index is -0.709. The number of hydrogen-bond acceptors (Lipinski definition) is 4. The fourth-order valence-electron chi connectivity index (χ4n) is 3.45. The molecular formula is C19H20ClN3O2. The molecule has 2 N–H and O–H groups in total. The highest BCUT2D eigenvalue weighted by Crippen LogP contribution is 2.41. The van der Waals surface area contributed by atoms with Crippen molar-refractivity contribution in [3.63, 3.8) is 0 Å². The van der Waals surface area contributed by atoms with Gasteiger partial charge in [-0.2, -0.15) is 0 Å². The van der Waals surface area contributed by atoms with E-state index in [9.17, 15) is 5.11 Å². The average Bonchev–Trinajstić information content (AvgIpc) is 3.05. The van der Waals surface area contributed by atoms with Crippen LogP contribution in [0.15, 0.2) is 60.4 Å². The van der Waals surface area contributed by atoms with Crippen molar-refractivity contribution in [2.24, 2.45) is 0 Å². The lowest BCUT2D eigenvalue weighted by Gasteiger charge is -2.44. The molecule has 6 heteroatoms. The number of nitrogens with one attached hydrogen (secondary N) is 1. The summed E-state index contributed by atoms with van der Waals surface area (Å²) in [4.78, 5) is 4.33. The third-order valence-electron chi connectivity index (χ3n) is 4.81. The molecule has 5 nitrogen and oxygen atoms in total. The number of imidazole rings is 1. The number of rotatable bonds is 2. The molecule has 0 spiro atoms. The molecule has 1 aromatic heterocycles. The standard InChI is InChI=1S/C19H20ClN3O2/c1-19(2)18(24)17(14-9-21-8-7-16(14)25-19)23-11-22-10-15(23)12-3-5-13(20)6-4-12/h3-8,10-11,17-18,21,24H,9H2,1-2H3/t17-,18+/m1/s1. The molecule has 0 saturated carbocycles. The molecule has 0 amide bonds. The average molecular weight is 358 g/mol. The van der Waals surface area contributed by atoms with Gasteiger partial charge in [-0.05, 0) is 37.6 Å². The molecule has 4 rings (SSSR count). The number of halogens is 1. The topological polar surface area (TPSA) is 59.3 Å². The van der Waals surface area contributed by atoms with Crippen LogP contribution in [0, 0.1) is 0 Å². The summed E-state index contributed by atoms with van der Waals surface area (Å²) in [7, 11) is 0. The van der Waals surface area contributed by atoms with E-state index >= 15 is 0 Å². The van der Waals surface area contributed by atoms with Crippen LogP contribution in [0.2, 0.25) is 5.02 Å². The molecule has 0 aliphatic carbocycles. The van der Waals surface area contributed by atoms with E-state index in [1.165, 1.54) is 0 Å². The van der Waals surface area contributed by atoms with Gasteiger partial charge in [-0.15, -0.1) is 0 Å². The second-order valence-corrected chi connectivity index (χ2v) is 7.33. The zero-order chi connectivity index (χ0) is 17.6. The van der Waals surface area contributed by atoms with Crippen LogP contribution in [0.5, 0.6) is 0 Å². The molecule has 2 aliphatic heterocycles. The van der Waals surface area contributed by atoms with E-state index in [0.717, 1.165) is 22.6 Å². The minimum Gasteiger partial charge on any atom is -0.485 e. The van der Waals surface area contributed by atoms with Crippen LogP contribution in [-0.2, 0) is 4.74 Å². The number of benzene rings is 1. The third kappa shape index (κ3) is 2.73. The predicted molar refractivity (Wildman–Crippen MR) is 97.0 cm³/mol. The SMILES string of the molecule is CC1(C)OC2=C(CNC=C2)[C@@H](n2cncc2-c2ccc(Cl)cc2)[C@@H]1O. The van der Waals surface area contributed by atoms with Crippen molar-refractivity contribution in [1.29, 1.82) is 0 Å². The highest BCUT2D eigenvalue weighted by Gasteiger charge is 2.45. The molecule has 0 radical (unpaired) electrons. The van der Waals surface area contributed by atoms with E-state index in [-0.39, 0.29) is 6.04 Å². The zero-order valence-corrected chi connectivity index (χ0v) is 14.9. The summed E-state index contributed by atoms with van der Waals surface area (Å²) >= 11 is 6.01. The summed E-state index contributed by atoms with van der Waals surface area (Å²) in [5.74, 6) is 0.815. The van der Waals surface area contributed by atoms with Crippen LogP contribution in [0.4, 0.5) is 0 Å². The van der Waals surface area contributed by atoms with Crippen molar-refractivity contribution in [2.75, 3.05) is 6.54 Å². The van der Waals surface area contributed by atoms with Gasteiger partial charge in [-0.3, -0.25) is 0 Å². The normalized spacial score (nSPS) is 24.5. The maximum Gasteiger partial charge on any atom is 0.132 e. The summed E-state index contributed by atoms with van der Waals surface area (Å²) in [5.41, 5.74) is 2.24. The molecule has 0 saturated heterocycles. The Balaban J connectivity index is 1.84. The number of aliphatic hydroxyl groups is 1. The van der Waals surface area contributed by atoms with Crippen molar-refractivity contribution in [3.05, 3.63) is 65.4 Å². The quantitative estimate of drug-likeness (QED) is 0.866. The van der Waals surface area contributed by atoms with Gasteiger partial charge in [0.2, 0.25) is 0 Å². The molecule has 3 heterocycles. The van der Waals surface area contributed by atoms with E-state index in [1.54, 1.807) is 6.33 Å². The Hall–Kier alpha value is -2.24. The van der Waals surface area contributed by atoms with Gasteiger partial charge in [0, 0.05) is 23.3 Å². The maximum atomic E-state index is 11.0. The molecule has 0 unspecified atom stereocenters. The Bertz CT molecular complexity index is 852. The van der Waals surface area contributed by atoms with Crippen molar-refractivity contribution in [2.45, 2.75) is 31.6 Å². The summed E-state index contributed by atoms with van der Waals surface area (Å²) in [6.45, 7) is 4.44. The molecule has 25 heavy (non-hydrogen) atoms. The van der Waals surface area contributed by atoms with E-state index < -0.39 is 11.7 Å². The van der Waals surface area contributed by atoms with E-state index in [1.807, 2.05) is 61.2 Å². The Labute approximate surface area is 151 Å². The van der Waals surface area contributed by atoms with E-state index in [2.05, 4.69) is 10.3 Å². The highest BCUT2D eigenvalue weighted by molar-refractivity contribution is 6.30. The first kappa shape index (κ1) is 16.2. The molecule has 0 bridgehead atoms. The highest BCUT2D eigenvalue weighted by atomic mass is 35.5. The Morgan fingerprint density at radius 3 is 2.84 bits per heavy atom. The zero-order valence-electron chi connectivity index (χ0n) is 14.1. The van der Waals surface area contributed by atoms with Gasteiger partial charge in [-0.1, -0.05) is 23.7 Å². The number of allylic oxidation sites excluding steroid dienone is 1. The maximum absolute atomic E-state index is 11.0. The fraction of sp³-hybridized carbons (Fsp3) is 0.316. The van der Waals surface area contributed by atoms with Gasteiger partial charge < -0.3 is 19.7 Å². The van der Waals surface area contributed by atoms with E-state index in [4.69, 9.17) is 16.3 Å². The lowest BCUT2D eigenvalue weighted by atomic mass is 9.85. The minimum absolute atomic E-state index is 0.260. The number of nitrogens with zero attached hydrogens (tertiary/aromatic N) is 2. The monoisotopic (exact) mass is 357 g/mol. The number of aromatic nitrogens is 2. The first-order valence-electron chi connectivity index (χ1n) is 8.25. The summed E-state index contributed by atoms with van der Waals surface area (Å²) in [5, 5.41) is 14.9. The van der Waals surface area contributed by atoms with Crippen LogP contribution < -0.4 is 5.32 Å². The molecule has 1 aromatic carbocycles. The second kappa shape index (κ2) is 5.93. The Morgan fingerprint density at radius 2 is 2.08 bits per heavy atom. The van der Waals surface area contributed by atoms with Crippen LogP contribution in [0.25, 0.3) is 11.3 Å². The summed E-state index contributed by atoms with van der Waals surface area (Å²) in [6, 6.07) is 7.37. The predicted octanol–water partition coefficient (Wildman–Crippen LogP) is 3.29. The molecule has 2 aromatic rings. The van der Waals surface area contributed by atoms with Crippen molar-refractivity contribution in [1.82, 2.24) is 14.9 Å². The number of ether oxygens (including phenoxy) is 1. The summed E-state index contributed by atoms with van der Waals surface area (Å²) < 4.78 is 8.05. The van der Waals surface area contributed by atoms with Gasteiger partial charge in [-0.25, -0.2) is 4.98 Å². The molecule has 2 aliphatic rings. The van der Waals surface area contributed by atoms with E-state index in [0.29, 0.717) is 11.6 Å². The first-order valence-corrected chi connectivity index (χ1v) is 8.63. The Kier molecular flexibility index (Phi) is 3.85. The molecule has 0 fully saturated rings. The van der Waals surface area contributed by atoms with Crippen LogP contribution in [0.1, 0.15) is 19.9 Å². The van der Waals surface area contributed by atoms with Crippen LogP contribution >= 0.6 is 11.6 Å².